The smallest absolute Gasteiger partial charge is 0.390 e. The standard InChI is InChI=1S/C11H15F3N2O2S/c1-8(6-11(12,13)14)16-19(17,18)7-9-4-2-3-5-10(9)15/h2-5,8,16H,6-7,15H2,1H3. The van der Waals surface area contributed by atoms with E-state index in [1.807, 2.05) is 4.72 Å². The fourth-order valence-corrected chi connectivity index (χ4v) is 3.06. The molecular formula is C11H15F3N2O2S. The lowest BCUT2D eigenvalue weighted by molar-refractivity contribution is -0.137. The second-order valence-corrected chi connectivity index (χ2v) is 6.05. The van der Waals surface area contributed by atoms with E-state index in [2.05, 4.69) is 0 Å². The lowest BCUT2D eigenvalue weighted by Crippen LogP contribution is -2.36. The molecule has 0 amide bonds. The maximum absolute atomic E-state index is 12.1. The molecule has 19 heavy (non-hydrogen) atoms. The summed E-state index contributed by atoms with van der Waals surface area (Å²) in [6.45, 7) is 1.17. The highest BCUT2D eigenvalue weighted by molar-refractivity contribution is 7.88. The van der Waals surface area contributed by atoms with Crippen LogP contribution in [0.1, 0.15) is 18.9 Å². The van der Waals surface area contributed by atoms with Gasteiger partial charge >= 0.3 is 6.18 Å². The van der Waals surface area contributed by atoms with E-state index in [-0.39, 0.29) is 5.69 Å². The Kier molecular flexibility index (Phi) is 4.81. The Balaban J connectivity index is 2.70. The van der Waals surface area contributed by atoms with Crippen LogP contribution in [0.15, 0.2) is 24.3 Å². The van der Waals surface area contributed by atoms with Gasteiger partial charge in [-0.25, -0.2) is 13.1 Å². The summed E-state index contributed by atoms with van der Waals surface area (Å²) in [5.74, 6) is -0.443. The van der Waals surface area contributed by atoms with E-state index in [0.717, 1.165) is 0 Å². The minimum absolute atomic E-state index is 0.288. The summed E-state index contributed by atoms with van der Waals surface area (Å²) in [4.78, 5) is 0. The molecule has 0 radical (unpaired) electrons. The molecule has 1 aromatic carbocycles. The number of hydrogen-bond acceptors (Lipinski definition) is 3. The van der Waals surface area contributed by atoms with Crippen LogP contribution < -0.4 is 10.5 Å². The van der Waals surface area contributed by atoms with Crippen LogP contribution in [0.5, 0.6) is 0 Å². The Morgan fingerprint density at radius 2 is 1.89 bits per heavy atom. The average molecular weight is 296 g/mol. The third-order valence-corrected chi connectivity index (χ3v) is 3.77. The molecule has 1 unspecified atom stereocenters. The summed E-state index contributed by atoms with van der Waals surface area (Å²) in [5.41, 5.74) is 6.23. The molecule has 0 bridgehead atoms. The zero-order valence-electron chi connectivity index (χ0n) is 10.2. The molecule has 0 fully saturated rings. The van der Waals surface area contributed by atoms with E-state index in [1.165, 1.54) is 19.1 Å². The van der Waals surface area contributed by atoms with Crippen molar-refractivity contribution >= 4 is 15.7 Å². The molecule has 0 aliphatic rings. The van der Waals surface area contributed by atoms with E-state index >= 15 is 0 Å². The van der Waals surface area contributed by atoms with Crippen molar-refractivity contribution in [3.05, 3.63) is 29.8 Å². The first-order valence-electron chi connectivity index (χ1n) is 5.49. The molecule has 4 nitrogen and oxygen atoms in total. The van der Waals surface area contributed by atoms with Gasteiger partial charge < -0.3 is 5.73 Å². The minimum atomic E-state index is -4.41. The van der Waals surface area contributed by atoms with Gasteiger partial charge in [0.2, 0.25) is 10.0 Å². The zero-order chi connectivity index (χ0) is 14.7. The molecule has 0 aromatic heterocycles. The number of nitrogen functional groups attached to an aromatic ring is 1. The molecule has 0 aliphatic heterocycles. The van der Waals surface area contributed by atoms with Gasteiger partial charge in [-0.15, -0.1) is 0 Å². The quantitative estimate of drug-likeness (QED) is 0.817. The summed E-state index contributed by atoms with van der Waals surface area (Å²) in [5, 5.41) is 0. The third-order valence-electron chi connectivity index (χ3n) is 2.32. The van der Waals surface area contributed by atoms with Crippen LogP contribution in [0.4, 0.5) is 18.9 Å². The van der Waals surface area contributed by atoms with Gasteiger partial charge in [0.05, 0.1) is 12.2 Å². The fraction of sp³-hybridized carbons (Fsp3) is 0.455. The SMILES string of the molecule is CC(CC(F)(F)F)NS(=O)(=O)Cc1ccccc1N. The van der Waals surface area contributed by atoms with Crippen LogP contribution in [0.3, 0.4) is 0 Å². The highest BCUT2D eigenvalue weighted by Crippen LogP contribution is 2.22. The van der Waals surface area contributed by atoms with Crippen molar-refractivity contribution in [1.29, 1.82) is 0 Å². The van der Waals surface area contributed by atoms with E-state index in [9.17, 15) is 21.6 Å². The van der Waals surface area contributed by atoms with Crippen LogP contribution in [0.2, 0.25) is 0 Å². The van der Waals surface area contributed by atoms with Crippen molar-refractivity contribution < 1.29 is 21.6 Å². The Morgan fingerprint density at radius 3 is 2.42 bits per heavy atom. The number of benzene rings is 1. The molecule has 1 aromatic rings. The first kappa shape index (κ1) is 15.8. The number of halogens is 3. The first-order valence-corrected chi connectivity index (χ1v) is 7.14. The number of hydrogen-bond donors (Lipinski definition) is 2. The number of nitrogens with one attached hydrogen (secondary N) is 1. The Hall–Kier alpha value is -1.28. The number of rotatable bonds is 5. The largest absolute Gasteiger partial charge is 0.398 e. The summed E-state index contributed by atoms with van der Waals surface area (Å²) in [6, 6.07) is 5.09. The predicted molar refractivity (Wildman–Crippen MR) is 66.7 cm³/mol. The van der Waals surface area contributed by atoms with Crippen LogP contribution in [0, 0.1) is 0 Å². The minimum Gasteiger partial charge on any atom is -0.398 e. The molecule has 108 valence electrons. The van der Waals surface area contributed by atoms with Gasteiger partial charge in [0, 0.05) is 11.7 Å². The van der Waals surface area contributed by atoms with Gasteiger partial charge in [-0.3, -0.25) is 0 Å². The van der Waals surface area contributed by atoms with Crippen LogP contribution >= 0.6 is 0 Å². The van der Waals surface area contributed by atoms with Gasteiger partial charge in [0.15, 0.2) is 0 Å². The molecule has 0 saturated carbocycles. The normalized spacial score (nSPS) is 14.3. The van der Waals surface area contributed by atoms with Gasteiger partial charge in [-0.05, 0) is 18.6 Å². The molecule has 0 heterocycles. The molecular weight excluding hydrogens is 281 g/mol. The fourth-order valence-electron chi connectivity index (χ4n) is 1.61. The Bertz CT molecular complexity index is 529. The lowest BCUT2D eigenvalue weighted by Gasteiger charge is -2.16. The maximum Gasteiger partial charge on any atom is 0.390 e. The predicted octanol–water partition coefficient (Wildman–Crippen LogP) is 2.03. The molecule has 0 saturated heterocycles. The molecule has 3 N–H and O–H groups in total. The summed E-state index contributed by atoms with van der Waals surface area (Å²) in [7, 11) is -3.86. The van der Waals surface area contributed by atoms with E-state index in [0.29, 0.717) is 5.56 Å². The van der Waals surface area contributed by atoms with Crippen molar-refractivity contribution in [2.24, 2.45) is 0 Å². The highest BCUT2D eigenvalue weighted by Gasteiger charge is 2.31. The van der Waals surface area contributed by atoms with Crippen LogP contribution in [0.25, 0.3) is 0 Å². The molecule has 1 rings (SSSR count). The van der Waals surface area contributed by atoms with E-state index in [1.54, 1.807) is 12.1 Å². The van der Waals surface area contributed by atoms with Gasteiger partial charge in [0.25, 0.3) is 0 Å². The lowest BCUT2D eigenvalue weighted by atomic mass is 10.2. The van der Waals surface area contributed by atoms with Gasteiger partial charge in [-0.1, -0.05) is 18.2 Å². The number of alkyl halides is 3. The van der Waals surface area contributed by atoms with E-state index in [4.69, 9.17) is 5.73 Å². The zero-order valence-corrected chi connectivity index (χ0v) is 11.1. The number of para-hydroxylation sites is 1. The average Bonchev–Trinajstić information content (AvgIpc) is 2.17. The monoisotopic (exact) mass is 296 g/mol. The van der Waals surface area contributed by atoms with Crippen LogP contribution in [-0.2, 0) is 15.8 Å². The summed E-state index contributed by atoms with van der Waals surface area (Å²) < 4.78 is 61.8. The summed E-state index contributed by atoms with van der Waals surface area (Å²) in [6.07, 6.45) is -5.62. The molecule has 0 spiro atoms. The van der Waals surface area contributed by atoms with Crippen molar-refractivity contribution in [2.75, 3.05) is 5.73 Å². The number of anilines is 1. The maximum atomic E-state index is 12.1. The second-order valence-electron chi connectivity index (χ2n) is 4.30. The van der Waals surface area contributed by atoms with Crippen molar-refractivity contribution in [3.63, 3.8) is 0 Å². The molecule has 8 heteroatoms. The molecule has 0 aliphatic carbocycles. The van der Waals surface area contributed by atoms with Gasteiger partial charge in [-0.2, -0.15) is 13.2 Å². The van der Waals surface area contributed by atoms with Crippen molar-refractivity contribution in [3.8, 4) is 0 Å². The van der Waals surface area contributed by atoms with Gasteiger partial charge in [0.1, 0.15) is 0 Å². The third kappa shape index (κ3) is 5.93. The first-order chi connectivity index (χ1) is 8.59. The Morgan fingerprint density at radius 1 is 1.32 bits per heavy atom. The second kappa shape index (κ2) is 5.79. The molecule has 1 atom stereocenters. The number of sulfonamides is 1. The van der Waals surface area contributed by atoms with Crippen molar-refractivity contribution in [1.82, 2.24) is 4.72 Å². The highest BCUT2D eigenvalue weighted by atomic mass is 32.2. The summed E-state index contributed by atoms with van der Waals surface area (Å²) >= 11 is 0. The number of nitrogens with two attached hydrogens (primary N) is 1. The van der Waals surface area contributed by atoms with E-state index < -0.39 is 34.4 Å². The van der Waals surface area contributed by atoms with Crippen LogP contribution in [-0.4, -0.2) is 20.6 Å². The van der Waals surface area contributed by atoms with Crippen molar-refractivity contribution in [2.45, 2.75) is 31.3 Å². The Labute approximate surface area is 109 Å². The topological polar surface area (TPSA) is 72.2 Å².